The lowest BCUT2D eigenvalue weighted by Gasteiger charge is -2.07. The van der Waals surface area contributed by atoms with Crippen LogP contribution in [0.2, 0.25) is 5.02 Å². The molecule has 0 spiro atoms. The smallest absolute Gasteiger partial charge is 0.388 e. The van der Waals surface area contributed by atoms with E-state index in [1.54, 1.807) is 0 Å². The quantitative estimate of drug-likeness (QED) is 0.764. The molecule has 0 atom stereocenters. The average molecular weight is 211 g/mol. The first-order chi connectivity index (χ1) is 6.15. The van der Waals surface area contributed by atoms with Crippen LogP contribution < -0.4 is 4.74 Å². The summed E-state index contributed by atoms with van der Waals surface area (Å²) in [7, 11) is 0. The third-order valence-electron chi connectivity index (χ3n) is 1.39. The Morgan fingerprint density at radius 1 is 1.69 bits per heavy atom. The molecule has 0 saturated heterocycles. The highest BCUT2D eigenvalue weighted by Gasteiger charge is 2.14. The second kappa shape index (κ2) is 4.41. The van der Waals surface area contributed by atoms with Crippen molar-refractivity contribution in [3.63, 3.8) is 0 Å². The molecule has 0 bridgehead atoms. The van der Waals surface area contributed by atoms with Crippen molar-refractivity contribution in [2.75, 3.05) is 0 Å². The largest absolute Gasteiger partial charge is 0.416 e. The fourth-order valence-electron chi connectivity index (χ4n) is 0.924. The summed E-state index contributed by atoms with van der Waals surface area (Å²) in [5, 5.41) is 3.89. The van der Waals surface area contributed by atoms with Crippen LogP contribution in [0, 0.1) is 0 Å². The number of rotatable bonds is 4. The van der Waals surface area contributed by atoms with Crippen molar-refractivity contribution in [1.82, 2.24) is 9.78 Å². The number of halogens is 3. The second-order valence-corrected chi connectivity index (χ2v) is 2.81. The fraction of sp³-hybridized carbons (Fsp3) is 0.571. The molecular formula is C7H9ClF2N2O. The molecule has 0 radical (unpaired) electrons. The Kier molecular flexibility index (Phi) is 3.48. The van der Waals surface area contributed by atoms with Crippen LogP contribution >= 0.6 is 11.6 Å². The average Bonchev–Trinajstić information content (AvgIpc) is 2.36. The first kappa shape index (κ1) is 10.2. The van der Waals surface area contributed by atoms with Gasteiger partial charge in [-0.25, -0.2) is 4.68 Å². The van der Waals surface area contributed by atoms with Gasteiger partial charge in [0.05, 0.1) is 6.20 Å². The Labute approximate surface area is 79.2 Å². The van der Waals surface area contributed by atoms with Crippen molar-refractivity contribution >= 4 is 11.6 Å². The molecule has 0 aliphatic rings. The van der Waals surface area contributed by atoms with Gasteiger partial charge in [0.1, 0.15) is 5.02 Å². The van der Waals surface area contributed by atoms with Crippen LogP contribution in [0.15, 0.2) is 6.20 Å². The summed E-state index contributed by atoms with van der Waals surface area (Å²) in [5.74, 6) is -0.0708. The van der Waals surface area contributed by atoms with Gasteiger partial charge in [-0.1, -0.05) is 18.5 Å². The monoisotopic (exact) mass is 210 g/mol. The maximum atomic E-state index is 11.9. The lowest BCUT2D eigenvalue weighted by atomic mass is 10.5. The lowest BCUT2D eigenvalue weighted by molar-refractivity contribution is -0.0558. The maximum Gasteiger partial charge on any atom is 0.388 e. The summed E-state index contributed by atoms with van der Waals surface area (Å²) in [6.45, 7) is -0.457. The third-order valence-corrected chi connectivity index (χ3v) is 1.64. The van der Waals surface area contributed by atoms with Gasteiger partial charge >= 0.3 is 6.61 Å². The van der Waals surface area contributed by atoms with Crippen LogP contribution in [0.5, 0.6) is 5.88 Å². The summed E-state index contributed by atoms with van der Waals surface area (Å²) in [6, 6.07) is 0. The summed E-state index contributed by atoms with van der Waals surface area (Å²) in [4.78, 5) is 0. The summed E-state index contributed by atoms with van der Waals surface area (Å²) in [6.07, 6.45) is 2.06. The van der Waals surface area contributed by atoms with E-state index in [0.717, 1.165) is 6.42 Å². The van der Waals surface area contributed by atoms with E-state index in [9.17, 15) is 8.78 Å². The molecule has 13 heavy (non-hydrogen) atoms. The standard InChI is InChI=1S/C7H9ClF2N2O/c1-2-3-12-6(13-7(9)10)5(8)4-11-12/h4,7H,2-3H2,1H3. The SMILES string of the molecule is CCCn1ncc(Cl)c1OC(F)F. The number of aryl methyl sites for hydroxylation is 1. The van der Waals surface area contributed by atoms with Crippen molar-refractivity contribution < 1.29 is 13.5 Å². The van der Waals surface area contributed by atoms with Crippen molar-refractivity contribution in [2.45, 2.75) is 26.5 Å². The Bertz CT molecular complexity index is 277. The molecule has 0 fully saturated rings. The maximum absolute atomic E-state index is 11.9. The zero-order valence-electron chi connectivity index (χ0n) is 7.01. The molecule has 0 amide bonds. The molecule has 0 aromatic carbocycles. The van der Waals surface area contributed by atoms with Crippen LogP contribution in [-0.4, -0.2) is 16.4 Å². The second-order valence-electron chi connectivity index (χ2n) is 2.40. The zero-order chi connectivity index (χ0) is 9.84. The van der Waals surface area contributed by atoms with Crippen LogP contribution in [0.4, 0.5) is 8.78 Å². The van der Waals surface area contributed by atoms with Gasteiger partial charge in [0, 0.05) is 6.54 Å². The predicted octanol–water partition coefficient (Wildman–Crippen LogP) is 2.55. The molecule has 1 aromatic heterocycles. The topological polar surface area (TPSA) is 27.1 Å². The molecule has 0 aliphatic heterocycles. The highest BCUT2D eigenvalue weighted by molar-refractivity contribution is 6.31. The fourth-order valence-corrected chi connectivity index (χ4v) is 1.11. The molecule has 0 unspecified atom stereocenters. The Hall–Kier alpha value is -0.840. The molecule has 6 heteroatoms. The zero-order valence-corrected chi connectivity index (χ0v) is 7.76. The molecule has 1 aromatic rings. The Morgan fingerprint density at radius 2 is 2.38 bits per heavy atom. The number of alkyl halides is 2. The normalized spacial score (nSPS) is 10.8. The number of hydrogen-bond donors (Lipinski definition) is 0. The molecular weight excluding hydrogens is 202 g/mol. The predicted molar refractivity (Wildman–Crippen MR) is 44.2 cm³/mol. The van der Waals surface area contributed by atoms with Gasteiger partial charge in [0.2, 0.25) is 5.88 Å². The van der Waals surface area contributed by atoms with Gasteiger partial charge in [0.15, 0.2) is 0 Å². The highest BCUT2D eigenvalue weighted by atomic mass is 35.5. The minimum absolute atomic E-state index is 0.0708. The number of nitrogens with zero attached hydrogens (tertiary/aromatic N) is 2. The van der Waals surface area contributed by atoms with E-state index < -0.39 is 6.61 Å². The van der Waals surface area contributed by atoms with Gasteiger partial charge in [-0.2, -0.15) is 13.9 Å². The van der Waals surface area contributed by atoms with Crippen LogP contribution in [0.3, 0.4) is 0 Å². The summed E-state index contributed by atoms with van der Waals surface area (Å²) >= 11 is 5.58. The Balaban J connectivity index is 2.81. The van der Waals surface area contributed by atoms with Crippen LogP contribution in [-0.2, 0) is 6.54 Å². The first-order valence-corrected chi connectivity index (χ1v) is 4.19. The molecule has 1 heterocycles. The number of ether oxygens (including phenoxy) is 1. The summed E-state index contributed by atoms with van der Waals surface area (Å²) < 4.78 is 29.3. The third kappa shape index (κ3) is 2.55. The minimum atomic E-state index is -2.87. The summed E-state index contributed by atoms with van der Waals surface area (Å²) in [5.41, 5.74) is 0. The van der Waals surface area contributed by atoms with Crippen molar-refractivity contribution in [3.05, 3.63) is 11.2 Å². The van der Waals surface area contributed by atoms with E-state index in [4.69, 9.17) is 11.6 Å². The molecule has 0 saturated carbocycles. The minimum Gasteiger partial charge on any atom is -0.416 e. The molecule has 0 N–H and O–H groups in total. The van der Waals surface area contributed by atoms with Crippen LogP contribution in [0.1, 0.15) is 13.3 Å². The van der Waals surface area contributed by atoms with Gasteiger partial charge in [-0.15, -0.1) is 0 Å². The van der Waals surface area contributed by atoms with E-state index in [1.807, 2.05) is 6.92 Å². The molecule has 1 rings (SSSR count). The number of hydrogen-bond acceptors (Lipinski definition) is 2. The van der Waals surface area contributed by atoms with E-state index in [1.165, 1.54) is 10.9 Å². The van der Waals surface area contributed by atoms with E-state index in [-0.39, 0.29) is 10.9 Å². The number of aromatic nitrogens is 2. The molecule has 0 aliphatic carbocycles. The van der Waals surface area contributed by atoms with E-state index >= 15 is 0 Å². The van der Waals surface area contributed by atoms with Gasteiger partial charge in [0.25, 0.3) is 0 Å². The van der Waals surface area contributed by atoms with Gasteiger partial charge < -0.3 is 4.74 Å². The van der Waals surface area contributed by atoms with Crippen molar-refractivity contribution in [3.8, 4) is 5.88 Å². The van der Waals surface area contributed by atoms with Crippen LogP contribution in [0.25, 0.3) is 0 Å². The van der Waals surface area contributed by atoms with Crippen molar-refractivity contribution in [2.24, 2.45) is 0 Å². The van der Waals surface area contributed by atoms with E-state index in [2.05, 4.69) is 9.84 Å². The van der Waals surface area contributed by atoms with Gasteiger partial charge in [-0.3, -0.25) is 0 Å². The molecule has 3 nitrogen and oxygen atoms in total. The first-order valence-electron chi connectivity index (χ1n) is 3.81. The van der Waals surface area contributed by atoms with Crippen molar-refractivity contribution in [1.29, 1.82) is 0 Å². The lowest BCUT2D eigenvalue weighted by Crippen LogP contribution is -2.09. The Morgan fingerprint density at radius 3 is 2.92 bits per heavy atom. The molecule has 74 valence electrons. The van der Waals surface area contributed by atoms with E-state index in [0.29, 0.717) is 6.54 Å². The van der Waals surface area contributed by atoms with Gasteiger partial charge in [-0.05, 0) is 6.42 Å². The highest BCUT2D eigenvalue weighted by Crippen LogP contribution is 2.25.